The Morgan fingerprint density at radius 1 is 1.00 bits per heavy atom. The highest BCUT2D eigenvalue weighted by atomic mass is 19.1. The molecule has 2 aliphatic rings. The molecule has 7 nitrogen and oxygen atoms in total. The second-order valence-electron chi connectivity index (χ2n) is 7.30. The molecule has 2 aromatic rings. The summed E-state index contributed by atoms with van der Waals surface area (Å²) in [5.41, 5.74) is 2.24. The van der Waals surface area contributed by atoms with Crippen LogP contribution < -0.4 is 15.5 Å². The van der Waals surface area contributed by atoms with E-state index in [2.05, 4.69) is 36.6 Å². The Kier molecular flexibility index (Phi) is 6.51. The maximum absolute atomic E-state index is 13.2. The summed E-state index contributed by atoms with van der Waals surface area (Å²) in [6, 6.07) is 6.14. The van der Waals surface area contributed by atoms with E-state index in [1.165, 1.54) is 43.4 Å². The van der Waals surface area contributed by atoms with Gasteiger partial charge in [0.05, 0.1) is 13.2 Å². The van der Waals surface area contributed by atoms with E-state index >= 15 is 0 Å². The summed E-state index contributed by atoms with van der Waals surface area (Å²) in [5.74, 6) is 1.32. The number of halogens is 1. The van der Waals surface area contributed by atoms with Crippen molar-refractivity contribution >= 4 is 23.5 Å². The predicted molar refractivity (Wildman–Crippen MR) is 112 cm³/mol. The zero-order valence-electron chi connectivity index (χ0n) is 16.5. The van der Waals surface area contributed by atoms with E-state index in [1.807, 2.05) is 0 Å². The molecule has 2 N–H and O–H groups in total. The minimum absolute atomic E-state index is 0.278. The lowest BCUT2D eigenvalue weighted by molar-refractivity contribution is 0.122. The van der Waals surface area contributed by atoms with Gasteiger partial charge in [-0.2, -0.15) is 15.0 Å². The number of nitrogens with one attached hydrogen (secondary N) is 2. The maximum atomic E-state index is 13.2. The van der Waals surface area contributed by atoms with Gasteiger partial charge in [-0.25, -0.2) is 4.39 Å². The van der Waals surface area contributed by atoms with E-state index in [-0.39, 0.29) is 5.82 Å². The third-order valence-corrected chi connectivity index (χ3v) is 5.13. The van der Waals surface area contributed by atoms with Gasteiger partial charge in [-0.1, -0.05) is 11.6 Å². The van der Waals surface area contributed by atoms with Crippen LogP contribution >= 0.6 is 0 Å². The van der Waals surface area contributed by atoms with Crippen LogP contribution in [0.25, 0.3) is 0 Å². The molecule has 0 bridgehead atoms. The lowest BCUT2D eigenvalue weighted by Gasteiger charge is -2.27. The summed E-state index contributed by atoms with van der Waals surface area (Å²) in [5, 5.41) is 6.50. The second kappa shape index (κ2) is 9.65. The van der Waals surface area contributed by atoms with Gasteiger partial charge < -0.3 is 20.3 Å². The van der Waals surface area contributed by atoms with Crippen molar-refractivity contribution in [1.29, 1.82) is 0 Å². The molecule has 0 unspecified atom stereocenters. The average molecular weight is 398 g/mol. The number of allylic oxidation sites excluding steroid dienone is 1. The second-order valence-corrected chi connectivity index (χ2v) is 7.30. The van der Waals surface area contributed by atoms with E-state index in [4.69, 9.17) is 4.74 Å². The smallest absolute Gasteiger partial charge is 0.233 e. The zero-order valence-corrected chi connectivity index (χ0v) is 16.5. The van der Waals surface area contributed by atoms with Gasteiger partial charge in [0.1, 0.15) is 5.82 Å². The van der Waals surface area contributed by atoms with Crippen molar-refractivity contribution in [3.63, 3.8) is 0 Å². The normalized spacial score (nSPS) is 17.0. The van der Waals surface area contributed by atoms with Gasteiger partial charge >= 0.3 is 0 Å². The van der Waals surface area contributed by atoms with E-state index in [0.29, 0.717) is 31.1 Å². The molecule has 1 aromatic carbocycles. The third kappa shape index (κ3) is 5.63. The van der Waals surface area contributed by atoms with Crippen LogP contribution in [0, 0.1) is 5.82 Å². The number of rotatable bonds is 7. The van der Waals surface area contributed by atoms with Crippen LogP contribution in [0.15, 0.2) is 35.9 Å². The standard InChI is InChI=1S/C21H27FN6O/c22-17-6-8-18(9-7-17)24-20-25-19(23-11-10-16-4-2-1-3-5-16)26-21(27-20)28-12-14-29-15-13-28/h4,6-9H,1-3,5,10-15H2,(H2,23,24,25,26,27). The van der Waals surface area contributed by atoms with Crippen molar-refractivity contribution in [3.8, 4) is 0 Å². The van der Waals surface area contributed by atoms with Gasteiger partial charge in [-0.3, -0.25) is 0 Å². The average Bonchev–Trinajstić information content (AvgIpc) is 2.77. The zero-order chi connectivity index (χ0) is 19.9. The van der Waals surface area contributed by atoms with E-state index in [0.717, 1.165) is 31.7 Å². The Balaban J connectivity index is 1.48. The predicted octanol–water partition coefficient (Wildman–Crippen LogP) is 3.89. The van der Waals surface area contributed by atoms with Crippen LogP contribution in [-0.4, -0.2) is 47.8 Å². The Morgan fingerprint density at radius 2 is 1.79 bits per heavy atom. The minimum Gasteiger partial charge on any atom is -0.378 e. The molecular weight excluding hydrogens is 371 g/mol. The Hall–Kier alpha value is -2.74. The highest BCUT2D eigenvalue weighted by Crippen LogP contribution is 2.21. The van der Waals surface area contributed by atoms with Crippen molar-refractivity contribution in [1.82, 2.24) is 15.0 Å². The monoisotopic (exact) mass is 398 g/mol. The lowest BCUT2D eigenvalue weighted by Crippen LogP contribution is -2.37. The third-order valence-electron chi connectivity index (χ3n) is 5.13. The molecule has 0 atom stereocenters. The van der Waals surface area contributed by atoms with Crippen LogP contribution in [0.3, 0.4) is 0 Å². The molecule has 1 saturated heterocycles. The summed E-state index contributed by atoms with van der Waals surface area (Å²) < 4.78 is 18.6. The summed E-state index contributed by atoms with van der Waals surface area (Å²) in [6.45, 7) is 3.58. The molecular formula is C21H27FN6O. The first kappa shape index (κ1) is 19.6. The van der Waals surface area contributed by atoms with Gasteiger partial charge in [0.25, 0.3) is 0 Å². The first-order valence-electron chi connectivity index (χ1n) is 10.3. The highest BCUT2D eigenvalue weighted by molar-refractivity contribution is 5.55. The van der Waals surface area contributed by atoms with Crippen molar-refractivity contribution in [2.75, 3.05) is 48.4 Å². The summed E-state index contributed by atoms with van der Waals surface area (Å²) >= 11 is 0. The SMILES string of the molecule is Fc1ccc(Nc2nc(NCCC3=CCCCC3)nc(N3CCOCC3)n2)cc1. The highest BCUT2D eigenvalue weighted by Gasteiger charge is 2.17. The number of aromatic nitrogens is 3. The molecule has 1 aliphatic carbocycles. The number of anilines is 4. The van der Waals surface area contributed by atoms with Gasteiger partial charge in [0.15, 0.2) is 0 Å². The quantitative estimate of drug-likeness (QED) is 0.685. The minimum atomic E-state index is -0.278. The van der Waals surface area contributed by atoms with Crippen LogP contribution in [0.4, 0.5) is 27.9 Å². The van der Waals surface area contributed by atoms with E-state index in [1.54, 1.807) is 12.1 Å². The van der Waals surface area contributed by atoms with Crippen molar-refractivity contribution in [3.05, 3.63) is 41.7 Å². The summed E-state index contributed by atoms with van der Waals surface area (Å²) in [6.07, 6.45) is 8.32. The van der Waals surface area contributed by atoms with Crippen molar-refractivity contribution in [2.45, 2.75) is 32.1 Å². The van der Waals surface area contributed by atoms with E-state index in [9.17, 15) is 4.39 Å². The van der Waals surface area contributed by atoms with Gasteiger partial charge in [0, 0.05) is 25.3 Å². The molecule has 154 valence electrons. The molecule has 2 heterocycles. The van der Waals surface area contributed by atoms with Gasteiger partial charge in [-0.15, -0.1) is 0 Å². The van der Waals surface area contributed by atoms with Crippen LogP contribution in [0.1, 0.15) is 32.1 Å². The first-order valence-corrected chi connectivity index (χ1v) is 10.3. The molecule has 1 aromatic heterocycles. The van der Waals surface area contributed by atoms with Crippen molar-refractivity contribution in [2.24, 2.45) is 0 Å². The fourth-order valence-corrected chi connectivity index (χ4v) is 3.53. The lowest BCUT2D eigenvalue weighted by atomic mass is 9.97. The number of morpholine rings is 1. The van der Waals surface area contributed by atoms with Crippen LogP contribution in [-0.2, 0) is 4.74 Å². The number of hydrogen-bond donors (Lipinski definition) is 2. The molecule has 8 heteroatoms. The number of nitrogens with zero attached hydrogens (tertiary/aromatic N) is 4. The Labute approximate surface area is 170 Å². The summed E-state index contributed by atoms with van der Waals surface area (Å²) in [7, 11) is 0. The van der Waals surface area contributed by atoms with E-state index < -0.39 is 0 Å². The number of benzene rings is 1. The maximum Gasteiger partial charge on any atom is 0.233 e. The first-order chi connectivity index (χ1) is 14.3. The molecule has 0 radical (unpaired) electrons. The molecule has 4 rings (SSSR count). The number of hydrogen-bond acceptors (Lipinski definition) is 7. The van der Waals surface area contributed by atoms with Crippen LogP contribution in [0.2, 0.25) is 0 Å². The Bertz CT molecular complexity index is 836. The molecule has 0 saturated carbocycles. The molecule has 1 fully saturated rings. The molecule has 1 aliphatic heterocycles. The van der Waals surface area contributed by atoms with Crippen LogP contribution in [0.5, 0.6) is 0 Å². The molecule has 0 spiro atoms. The topological polar surface area (TPSA) is 75.2 Å². The molecule has 0 amide bonds. The molecule has 29 heavy (non-hydrogen) atoms. The summed E-state index contributed by atoms with van der Waals surface area (Å²) in [4.78, 5) is 15.8. The number of ether oxygens (including phenoxy) is 1. The fraction of sp³-hybridized carbons (Fsp3) is 0.476. The largest absolute Gasteiger partial charge is 0.378 e. The van der Waals surface area contributed by atoms with Crippen molar-refractivity contribution < 1.29 is 9.13 Å². The fourth-order valence-electron chi connectivity index (χ4n) is 3.53. The Morgan fingerprint density at radius 3 is 2.55 bits per heavy atom. The van der Waals surface area contributed by atoms with Gasteiger partial charge in [0.2, 0.25) is 17.8 Å². The van der Waals surface area contributed by atoms with Gasteiger partial charge in [-0.05, 0) is 56.4 Å².